The molecule has 1 aromatic carbocycles. The molecule has 18 heavy (non-hydrogen) atoms. The van der Waals surface area contributed by atoms with E-state index in [9.17, 15) is 4.39 Å². The van der Waals surface area contributed by atoms with E-state index in [1.165, 1.54) is 6.07 Å². The van der Waals surface area contributed by atoms with Crippen LogP contribution in [0.25, 0.3) is 10.4 Å². The Labute approximate surface area is 113 Å². The third-order valence-corrected chi connectivity index (χ3v) is 4.18. The number of benzene rings is 1. The van der Waals surface area contributed by atoms with Crippen molar-refractivity contribution in [3.8, 4) is 10.4 Å². The Morgan fingerprint density at radius 3 is 2.72 bits per heavy atom. The summed E-state index contributed by atoms with van der Waals surface area (Å²) in [6.07, 6.45) is 0. The van der Waals surface area contributed by atoms with E-state index in [1.807, 2.05) is 29.0 Å². The van der Waals surface area contributed by atoms with E-state index in [1.54, 1.807) is 34.8 Å². The van der Waals surface area contributed by atoms with Crippen molar-refractivity contribution >= 4 is 34.0 Å². The van der Waals surface area contributed by atoms with Crippen LogP contribution in [0, 0.1) is 5.82 Å². The second-order valence-corrected chi connectivity index (χ2v) is 5.54. The lowest BCUT2D eigenvalue weighted by molar-refractivity contribution is 0.628. The molecule has 0 aliphatic heterocycles. The highest BCUT2D eigenvalue weighted by molar-refractivity contribution is 7.14. The molecule has 0 saturated carbocycles. The van der Waals surface area contributed by atoms with Crippen LogP contribution in [-0.2, 0) is 0 Å². The first-order valence-electron chi connectivity index (χ1n) is 5.45. The molecular formula is C14H10FNS2. The van der Waals surface area contributed by atoms with Gasteiger partial charge in [0.25, 0.3) is 0 Å². The normalized spacial score (nSPS) is 10.5. The zero-order valence-corrected chi connectivity index (χ0v) is 11.0. The third-order valence-electron chi connectivity index (χ3n) is 2.52. The molecule has 4 heteroatoms. The van der Waals surface area contributed by atoms with Gasteiger partial charge in [0.2, 0.25) is 0 Å². The average molecular weight is 275 g/mol. The molecule has 0 spiro atoms. The van der Waals surface area contributed by atoms with Gasteiger partial charge in [0.15, 0.2) is 0 Å². The van der Waals surface area contributed by atoms with Gasteiger partial charge in [0, 0.05) is 27.0 Å². The predicted molar refractivity (Wildman–Crippen MR) is 77.3 cm³/mol. The van der Waals surface area contributed by atoms with Crippen molar-refractivity contribution in [1.82, 2.24) is 0 Å². The summed E-state index contributed by atoms with van der Waals surface area (Å²) < 4.78 is 13.2. The van der Waals surface area contributed by atoms with Crippen molar-refractivity contribution in [3.05, 3.63) is 58.4 Å². The second-order valence-electron chi connectivity index (χ2n) is 3.85. The van der Waals surface area contributed by atoms with Crippen LogP contribution in [0.1, 0.15) is 0 Å². The van der Waals surface area contributed by atoms with Gasteiger partial charge in [-0.15, -0.1) is 11.3 Å². The molecule has 0 saturated heterocycles. The minimum atomic E-state index is -0.201. The van der Waals surface area contributed by atoms with Crippen molar-refractivity contribution in [2.24, 2.45) is 0 Å². The molecule has 0 fully saturated rings. The van der Waals surface area contributed by atoms with Gasteiger partial charge in [-0.25, -0.2) is 4.39 Å². The smallest absolute Gasteiger partial charge is 0.123 e. The fraction of sp³-hybridized carbons (Fsp3) is 0. The summed E-state index contributed by atoms with van der Waals surface area (Å²) >= 11 is 3.26. The van der Waals surface area contributed by atoms with Crippen molar-refractivity contribution in [2.45, 2.75) is 0 Å². The molecule has 1 N–H and O–H groups in total. The quantitative estimate of drug-likeness (QED) is 0.678. The molecule has 0 aliphatic carbocycles. The largest absolute Gasteiger partial charge is 0.354 e. The first kappa shape index (κ1) is 11.4. The van der Waals surface area contributed by atoms with Crippen LogP contribution in [0.15, 0.2) is 52.5 Å². The lowest BCUT2D eigenvalue weighted by atomic mass is 10.2. The summed E-state index contributed by atoms with van der Waals surface area (Å²) in [6.45, 7) is 0. The molecule has 1 nitrogen and oxygen atoms in total. The van der Waals surface area contributed by atoms with Gasteiger partial charge < -0.3 is 5.32 Å². The fourth-order valence-electron chi connectivity index (χ4n) is 1.70. The van der Waals surface area contributed by atoms with E-state index in [-0.39, 0.29) is 5.82 Å². The Bertz CT molecular complexity index is 643. The van der Waals surface area contributed by atoms with Gasteiger partial charge >= 0.3 is 0 Å². The van der Waals surface area contributed by atoms with Crippen LogP contribution in [0.2, 0.25) is 0 Å². The Balaban J connectivity index is 1.85. The number of nitrogens with one attached hydrogen (secondary N) is 1. The fourth-order valence-corrected chi connectivity index (χ4v) is 3.12. The maximum absolute atomic E-state index is 13.2. The summed E-state index contributed by atoms with van der Waals surface area (Å²) in [5.74, 6) is -0.201. The summed E-state index contributed by atoms with van der Waals surface area (Å²) in [6, 6.07) is 10.7. The molecule has 0 unspecified atom stereocenters. The molecule has 0 radical (unpaired) electrons. The molecule has 0 bridgehead atoms. The van der Waals surface area contributed by atoms with Crippen molar-refractivity contribution in [2.75, 3.05) is 5.32 Å². The number of hydrogen-bond donors (Lipinski definition) is 1. The Morgan fingerprint density at radius 1 is 1.00 bits per heavy atom. The topological polar surface area (TPSA) is 12.0 Å². The molecule has 2 aromatic heterocycles. The maximum atomic E-state index is 13.2. The van der Waals surface area contributed by atoms with Gasteiger partial charge in [-0.2, -0.15) is 11.3 Å². The second kappa shape index (κ2) is 4.92. The van der Waals surface area contributed by atoms with Gasteiger partial charge in [-0.1, -0.05) is 12.1 Å². The summed E-state index contributed by atoms with van der Waals surface area (Å²) in [7, 11) is 0. The number of rotatable bonds is 3. The van der Waals surface area contributed by atoms with Crippen molar-refractivity contribution in [1.29, 1.82) is 0 Å². The molecule has 0 aliphatic rings. The van der Waals surface area contributed by atoms with E-state index in [0.717, 1.165) is 21.8 Å². The lowest BCUT2D eigenvalue weighted by Gasteiger charge is -1.99. The highest BCUT2D eigenvalue weighted by Crippen LogP contribution is 2.31. The van der Waals surface area contributed by atoms with E-state index in [2.05, 4.69) is 10.7 Å². The van der Waals surface area contributed by atoms with Crippen LogP contribution in [0.5, 0.6) is 0 Å². The minimum Gasteiger partial charge on any atom is -0.354 e. The lowest BCUT2D eigenvalue weighted by Crippen LogP contribution is -1.83. The number of halogens is 1. The van der Waals surface area contributed by atoms with E-state index < -0.39 is 0 Å². The van der Waals surface area contributed by atoms with Crippen LogP contribution < -0.4 is 5.32 Å². The van der Waals surface area contributed by atoms with E-state index in [0.29, 0.717) is 0 Å². The van der Waals surface area contributed by atoms with E-state index in [4.69, 9.17) is 0 Å². The third kappa shape index (κ3) is 2.44. The average Bonchev–Trinajstić information content (AvgIpc) is 3.01. The molecule has 3 rings (SSSR count). The Hall–Kier alpha value is -1.65. The predicted octanol–water partition coefficient (Wildman–Crippen LogP) is 5.36. The first-order valence-corrected chi connectivity index (χ1v) is 7.27. The van der Waals surface area contributed by atoms with Gasteiger partial charge in [0.05, 0.1) is 0 Å². The summed E-state index contributed by atoms with van der Waals surface area (Å²) in [5.41, 5.74) is 3.04. The van der Waals surface area contributed by atoms with Crippen molar-refractivity contribution < 1.29 is 4.39 Å². The minimum absolute atomic E-state index is 0.201. The Morgan fingerprint density at radius 2 is 1.94 bits per heavy atom. The zero-order chi connectivity index (χ0) is 12.4. The number of anilines is 2. The Kier molecular flexibility index (Phi) is 3.13. The van der Waals surface area contributed by atoms with Crippen LogP contribution in [0.4, 0.5) is 15.8 Å². The molecule has 0 atom stereocenters. The van der Waals surface area contributed by atoms with Gasteiger partial charge in [0.1, 0.15) is 5.82 Å². The SMILES string of the molecule is Fc1cccc(-c2cc(Nc3ccsc3)cs2)c1. The molecule has 3 aromatic rings. The standard InChI is InChI=1S/C14H10FNS2/c15-11-3-1-2-10(6-11)14-7-13(9-18-14)16-12-4-5-17-8-12/h1-9,16H. The zero-order valence-electron chi connectivity index (χ0n) is 9.39. The number of thiophene rings is 2. The molecule has 2 heterocycles. The molecule has 90 valence electrons. The summed E-state index contributed by atoms with van der Waals surface area (Å²) in [5, 5.41) is 9.44. The van der Waals surface area contributed by atoms with E-state index >= 15 is 0 Å². The van der Waals surface area contributed by atoms with Crippen LogP contribution >= 0.6 is 22.7 Å². The number of hydrogen-bond acceptors (Lipinski definition) is 3. The monoisotopic (exact) mass is 275 g/mol. The van der Waals surface area contributed by atoms with Crippen molar-refractivity contribution in [3.63, 3.8) is 0 Å². The van der Waals surface area contributed by atoms with Gasteiger partial charge in [-0.05, 0) is 35.2 Å². The van der Waals surface area contributed by atoms with Gasteiger partial charge in [-0.3, -0.25) is 0 Å². The highest BCUT2D eigenvalue weighted by atomic mass is 32.1. The molecular weight excluding hydrogens is 265 g/mol. The summed E-state index contributed by atoms with van der Waals surface area (Å²) in [4.78, 5) is 1.06. The van der Waals surface area contributed by atoms with Crippen LogP contribution in [0.3, 0.4) is 0 Å². The molecule has 0 amide bonds. The maximum Gasteiger partial charge on any atom is 0.123 e. The van der Waals surface area contributed by atoms with Crippen LogP contribution in [-0.4, -0.2) is 0 Å². The highest BCUT2D eigenvalue weighted by Gasteiger charge is 2.04. The first-order chi connectivity index (χ1) is 8.81.